The topological polar surface area (TPSA) is 58.6 Å². The third-order valence-electron chi connectivity index (χ3n) is 4.31. The van der Waals surface area contributed by atoms with E-state index in [0.29, 0.717) is 18.1 Å². The lowest BCUT2D eigenvalue weighted by Gasteiger charge is -2.27. The minimum absolute atomic E-state index is 0.0309. The molecule has 4 heteroatoms. The first-order valence-electron chi connectivity index (χ1n) is 8.28. The van der Waals surface area contributed by atoms with Crippen molar-refractivity contribution in [2.45, 2.75) is 52.0 Å². The average Bonchev–Trinajstić information content (AvgIpc) is 2.50. The molecule has 0 aliphatic heterocycles. The number of ether oxygens (including phenoxy) is 1. The van der Waals surface area contributed by atoms with Crippen LogP contribution in [0.25, 0.3) is 0 Å². The Bertz CT molecular complexity index is 568. The number of carbonyl (C=O) groups excluding carboxylic acids is 1. The highest BCUT2D eigenvalue weighted by Gasteiger charge is 2.21. The van der Waals surface area contributed by atoms with Crippen molar-refractivity contribution in [3.63, 3.8) is 0 Å². The van der Waals surface area contributed by atoms with Crippen LogP contribution >= 0.6 is 0 Å². The molecule has 0 unspecified atom stereocenters. The van der Waals surface area contributed by atoms with Crippen LogP contribution in [0, 0.1) is 5.92 Å². The van der Waals surface area contributed by atoms with Crippen molar-refractivity contribution < 1.29 is 14.6 Å². The fraction of sp³-hybridized carbons (Fsp3) is 0.526. The van der Waals surface area contributed by atoms with Crippen LogP contribution in [0.15, 0.2) is 29.8 Å². The Morgan fingerprint density at radius 3 is 2.61 bits per heavy atom. The van der Waals surface area contributed by atoms with Gasteiger partial charge in [0.2, 0.25) is 5.91 Å². The van der Waals surface area contributed by atoms with Crippen LogP contribution in [-0.4, -0.2) is 24.2 Å². The number of carbonyl (C=O) groups is 1. The minimum atomic E-state index is 0.0309. The number of nitrogens with one attached hydrogen (secondary N) is 1. The van der Waals surface area contributed by atoms with E-state index in [1.54, 1.807) is 18.2 Å². The molecule has 4 nitrogen and oxygen atoms in total. The Hall–Kier alpha value is -1.97. The summed E-state index contributed by atoms with van der Waals surface area (Å²) in [7, 11) is 1.50. The molecule has 0 aromatic heterocycles. The zero-order valence-corrected chi connectivity index (χ0v) is 14.3. The highest BCUT2D eigenvalue weighted by atomic mass is 16.5. The van der Waals surface area contributed by atoms with E-state index in [1.165, 1.54) is 12.7 Å². The van der Waals surface area contributed by atoms with Crippen molar-refractivity contribution >= 4 is 5.91 Å². The molecule has 1 aromatic carbocycles. The minimum Gasteiger partial charge on any atom is -0.504 e. The largest absolute Gasteiger partial charge is 0.504 e. The van der Waals surface area contributed by atoms with E-state index < -0.39 is 0 Å². The summed E-state index contributed by atoms with van der Waals surface area (Å²) in [6.45, 7) is 4.28. The maximum absolute atomic E-state index is 12.2. The second-order valence-electron chi connectivity index (χ2n) is 6.61. The van der Waals surface area contributed by atoms with Crippen LogP contribution in [0.4, 0.5) is 0 Å². The number of rotatable bonds is 5. The standard InChI is InChI=1S/C19H27NO3/c1-13(2)10-14-4-7-16(8-5-14)20-19(22)12-15-6-9-17(21)18(11-15)23-3/h6,9-11,14,16,21H,4-5,7-8,12H2,1-3H3,(H,20,22). The molecule has 1 saturated carbocycles. The number of phenolic OH excluding ortho intramolecular Hbond substituents is 1. The fourth-order valence-corrected chi connectivity index (χ4v) is 3.20. The number of benzene rings is 1. The van der Waals surface area contributed by atoms with Crippen LogP contribution in [0.2, 0.25) is 0 Å². The SMILES string of the molecule is COc1cc(CC(=O)NC2CCC(C=C(C)C)CC2)ccc1O. The Morgan fingerprint density at radius 2 is 2.00 bits per heavy atom. The Kier molecular flexibility index (Phi) is 6.08. The second kappa shape index (κ2) is 8.04. The van der Waals surface area contributed by atoms with E-state index in [0.717, 1.165) is 31.2 Å². The van der Waals surface area contributed by atoms with Gasteiger partial charge in [-0.15, -0.1) is 0 Å². The number of methoxy groups -OCH3 is 1. The second-order valence-corrected chi connectivity index (χ2v) is 6.61. The maximum atomic E-state index is 12.2. The summed E-state index contributed by atoms with van der Waals surface area (Å²) in [5.74, 6) is 1.18. The molecule has 0 radical (unpaired) electrons. The monoisotopic (exact) mass is 317 g/mol. The maximum Gasteiger partial charge on any atom is 0.224 e. The van der Waals surface area contributed by atoms with Gasteiger partial charge in [0.15, 0.2) is 11.5 Å². The first-order chi connectivity index (χ1) is 11.0. The summed E-state index contributed by atoms with van der Waals surface area (Å²) in [6.07, 6.45) is 7.02. The third-order valence-corrected chi connectivity index (χ3v) is 4.31. The molecule has 1 fully saturated rings. The zero-order chi connectivity index (χ0) is 16.8. The summed E-state index contributed by atoms with van der Waals surface area (Å²) in [4.78, 5) is 12.2. The number of hydrogen-bond acceptors (Lipinski definition) is 3. The summed E-state index contributed by atoms with van der Waals surface area (Å²) in [6, 6.07) is 5.30. The quantitative estimate of drug-likeness (QED) is 0.816. The Morgan fingerprint density at radius 1 is 1.30 bits per heavy atom. The van der Waals surface area contributed by atoms with E-state index in [4.69, 9.17) is 4.74 Å². The molecular formula is C19H27NO3. The molecule has 0 spiro atoms. The molecule has 1 aliphatic carbocycles. The number of amides is 1. The molecule has 23 heavy (non-hydrogen) atoms. The van der Waals surface area contributed by atoms with Crippen LogP contribution in [0.5, 0.6) is 11.5 Å². The lowest BCUT2D eigenvalue weighted by atomic mass is 9.85. The van der Waals surface area contributed by atoms with E-state index in [2.05, 4.69) is 25.2 Å². The predicted octanol–water partition coefficient (Wildman–Crippen LogP) is 3.58. The number of aromatic hydroxyl groups is 1. The molecular weight excluding hydrogens is 290 g/mol. The highest BCUT2D eigenvalue weighted by molar-refractivity contribution is 5.79. The van der Waals surface area contributed by atoms with Gasteiger partial charge in [-0.25, -0.2) is 0 Å². The highest BCUT2D eigenvalue weighted by Crippen LogP contribution is 2.27. The van der Waals surface area contributed by atoms with Gasteiger partial charge in [0, 0.05) is 6.04 Å². The normalized spacial score (nSPS) is 20.7. The molecule has 126 valence electrons. The van der Waals surface area contributed by atoms with Gasteiger partial charge in [-0.2, -0.15) is 0 Å². The molecule has 1 amide bonds. The van der Waals surface area contributed by atoms with Crippen molar-refractivity contribution in [2.75, 3.05) is 7.11 Å². The third kappa shape index (κ3) is 5.31. The Labute approximate surface area is 138 Å². The molecule has 2 rings (SSSR count). The van der Waals surface area contributed by atoms with Gasteiger partial charge >= 0.3 is 0 Å². The van der Waals surface area contributed by atoms with Crippen molar-refractivity contribution in [1.82, 2.24) is 5.32 Å². The van der Waals surface area contributed by atoms with Crippen LogP contribution in [0.3, 0.4) is 0 Å². The van der Waals surface area contributed by atoms with E-state index in [-0.39, 0.29) is 17.7 Å². The van der Waals surface area contributed by atoms with Crippen LogP contribution in [-0.2, 0) is 11.2 Å². The van der Waals surface area contributed by atoms with Gasteiger partial charge in [0.05, 0.1) is 13.5 Å². The zero-order valence-electron chi connectivity index (χ0n) is 14.3. The molecule has 0 atom stereocenters. The number of hydrogen-bond donors (Lipinski definition) is 2. The Balaban J connectivity index is 1.83. The van der Waals surface area contributed by atoms with Crippen molar-refractivity contribution in [2.24, 2.45) is 5.92 Å². The number of allylic oxidation sites excluding steroid dienone is 2. The molecule has 1 aliphatic rings. The van der Waals surface area contributed by atoms with Gasteiger partial charge in [-0.3, -0.25) is 4.79 Å². The van der Waals surface area contributed by atoms with Crippen LogP contribution < -0.4 is 10.1 Å². The van der Waals surface area contributed by atoms with Gasteiger partial charge in [-0.1, -0.05) is 17.7 Å². The molecule has 0 bridgehead atoms. The summed E-state index contributed by atoms with van der Waals surface area (Å²) in [5, 5.41) is 12.7. The van der Waals surface area contributed by atoms with Gasteiger partial charge in [0.25, 0.3) is 0 Å². The molecule has 2 N–H and O–H groups in total. The first kappa shape index (κ1) is 17.4. The summed E-state index contributed by atoms with van der Waals surface area (Å²) >= 11 is 0. The van der Waals surface area contributed by atoms with Crippen molar-refractivity contribution in [1.29, 1.82) is 0 Å². The molecule has 1 aromatic rings. The van der Waals surface area contributed by atoms with E-state index >= 15 is 0 Å². The average molecular weight is 317 g/mol. The molecule has 0 saturated heterocycles. The first-order valence-corrected chi connectivity index (χ1v) is 8.28. The van der Waals surface area contributed by atoms with E-state index in [9.17, 15) is 9.90 Å². The number of phenols is 1. The van der Waals surface area contributed by atoms with Crippen molar-refractivity contribution in [3.05, 3.63) is 35.4 Å². The smallest absolute Gasteiger partial charge is 0.224 e. The lowest BCUT2D eigenvalue weighted by molar-refractivity contribution is -0.121. The van der Waals surface area contributed by atoms with Crippen LogP contribution in [0.1, 0.15) is 45.1 Å². The molecule has 0 heterocycles. The van der Waals surface area contributed by atoms with Gasteiger partial charge < -0.3 is 15.2 Å². The fourth-order valence-electron chi connectivity index (χ4n) is 3.20. The van der Waals surface area contributed by atoms with Gasteiger partial charge in [0.1, 0.15) is 0 Å². The summed E-state index contributed by atoms with van der Waals surface area (Å²) < 4.78 is 5.07. The predicted molar refractivity (Wildman–Crippen MR) is 91.7 cm³/mol. The van der Waals surface area contributed by atoms with E-state index in [1.807, 2.05) is 0 Å². The van der Waals surface area contributed by atoms with Gasteiger partial charge in [-0.05, 0) is 63.1 Å². The van der Waals surface area contributed by atoms with Crippen molar-refractivity contribution in [3.8, 4) is 11.5 Å². The summed E-state index contributed by atoms with van der Waals surface area (Å²) in [5.41, 5.74) is 2.22. The lowest BCUT2D eigenvalue weighted by Crippen LogP contribution is -2.38.